The molecule has 2 amide bonds. The fraction of sp³-hybridized carbons (Fsp3) is 0.500. The first-order valence-corrected chi connectivity index (χ1v) is 13.6. The van der Waals surface area contributed by atoms with Crippen molar-refractivity contribution in [2.45, 2.75) is 82.8 Å². The molecule has 2 atom stereocenters. The van der Waals surface area contributed by atoms with Gasteiger partial charge in [0, 0.05) is 12.6 Å². The van der Waals surface area contributed by atoms with Crippen molar-refractivity contribution in [2.75, 3.05) is 6.54 Å². The van der Waals surface area contributed by atoms with Crippen LogP contribution in [-0.2, 0) is 11.3 Å². The zero-order valence-electron chi connectivity index (χ0n) is 20.3. The minimum atomic E-state index is -0.941. The van der Waals surface area contributed by atoms with Crippen molar-refractivity contribution in [3.8, 4) is 0 Å². The summed E-state index contributed by atoms with van der Waals surface area (Å²) in [7, 11) is 0. The summed E-state index contributed by atoms with van der Waals surface area (Å²) < 4.78 is 3.17. The standard InChI is InChI=1S/C28H35N3O2S/c1-20(21-11-7-6-8-12-21)18-31-26(32)24-17-25-23(15-16-34-25)30(24)19-28(31,2)27(33)29-22-13-9-4-3-5-10-14-22/h6-8,11-12,15-17,20,22H,3-5,9-10,13-14,18-19H2,1-2H3,(H,29,33). The van der Waals surface area contributed by atoms with Gasteiger partial charge in [-0.15, -0.1) is 11.3 Å². The highest BCUT2D eigenvalue weighted by Crippen LogP contribution is 2.36. The highest BCUT2D eigenvalue weighted by molar-refractivity contribution is 7.17. The molecule has 1 fully saturated rings. The fourth-order valence-electron chi connectivity index (χ4n) is 5.66. The van der Waals surface area contributed by atoms with E-state index in [0.717, 1.165) is 35.9 Å². The zero-order chi connectivity index (χ0) is 23.7. The van der Waals surface area contributed by atoms with Crippen LogP contribution in [0.3, 0.4) is 0 Å². The summed E-state index contributed by atoms with van der Waals surface area (Å²) in [4.78, 5) is 29.7. The lowest BCUT2D eigenvalue weighted by Crippen LogP contribution is -2.65. The van der Waals surface area contributed by atoms with Crippen molar-refractivity contribution in [1.82, 2.24) is 14.8 Å². The van der Waals surface area contributed by atoms with Crippen molar-refractivity contribution in [3.05, 3.63) is 59.1 Å². The first kappa shape index (κ1) is 23.2. The van der Waals surface area contributed by atoms with Gasteiger partial charge in [-0.25, -0.2) is 0 Å². The first-order valence-electron chi connectivity index (χ1n) is 12.7. The van der Waals surface area contributed by atoms with Crippen LogP contribution >= 0.6 is 11.3 Å². The van der Waals surface area contributed by atoms with Crippen molar-refractivity contribution in [2.24, 2.45) is 0 Å². The number of thiophene rings is 1. The Balaban J connectivity index is 1.47. The Labute approximate surface area is 206 Å². The van der Waals surface area contributed by atoms with Crippen LogP contribution in [0.15, 0.2) is 47.8 Å². The maximum absolute atomic E-state index is 14.0. The molecule has 180 valence electrons. The summed E-state index contributed by atoms with van der Waals surface area (Å²) in [6.07, 6.45) is 8.15. The summed E-state index contributed by atoms with van der Waals surface area (Å²) in [6, 6.07) is 14.5. The number of benzene rings is 1. The highest BCUT2D eigenvalue weighted by atomic mass is 32.1. The lowest BCUT2D eigenvalue weighted by Gasteiger charge is -2.45. The third-order valence-corrected chi connectivity index (χ3v) is 8.66. The van der Waals surface area contributed by atoms with Crippen LogP contribution in [0.1, 0.15) is 80.8 Å². The van der Waals surface area contributed by atoms with E-state index in [1.54, 1.807) is 11.3 Å². The van der Waals surface area contributed by atoms with E-state index in [1.165, 1.54) is 24.8 Å². The second-order valence-corrected chi connectivity index (χ2v) is 11.3. The molecule has 1 aromatic carbocycles. The minimum Gasteiger partial charge on any atom is -0.351 e. The number of hydrogen-bond acceptors (Lipinski definition) is 3. The van der Waals surface area contributed by atoms with Crippen molar-refractivity contribution in [1.29, 1.82) is 0 Å². The summed E-state index contributed by atoms with van der Waals surface area (Å²) in [5, 5.41) is 5.44. The van der Waals surface area contributed by atoms with Gasteiger partial charge in [0.25, 0.3) is 5.91 Å². The van der Waals surface area contributed by atoms with Crippen LogP contribution in [0.2, 0.25) is 0 Å². The van der Waals surface area contributed by atoms with Crippen molar-refractivity contribution < 1.29 is 9.59 Å². The lowest BCUT2D eigenvalue weighted by molar-refractivity contribution is -0.133. The Morgan fingerprint density at radius 1 is 1.12 bits per heavy atom. The molecule has 34 heavy (non-hydrogen) atoms. The lowest BCUT2D eigenvalue weighted by atomic mass is 9.90. The van der Waals surface area contributed by atoms with Gasteiger partial charge >= 0.3 is 0 Å². The monoisotopic (exact) mass is 477 g/mol. The average Bonchev–Trinajstić information content (AvgIpc) is 3.41. The number of carbonyl (C=O) groups excluding carboxylic acids is 2. The summed E-state index contributed by atoms with van der Waals surface area (Å²) >= 11 is 1.64. The van der Waals surface area contributed by atoms with Gasteiger partial charge in [-0.2, -0.15) is 0 Å². The molecule has 6 heteroatoms. The molecule has 0 radical (unpaired) electrons. The van der Waals surface area contributed by atoms with Gasteiger partial charge in [-0.3, -0.25) is 9.59 Å². The second-order valence-electron chi connectivity index (χ2n) is 10.3. The Bertz CT molecular complexity index is 1160. The molecule has 0 saturated heterocycles. The van der Waals surface area contributed by atoms with E-state index in [9.17, 15) is 9.59 Å². The highest BCUT2D eigenvalue weighted by Gasteiger charge is 2.48. The first-order chi connectivity index (χ1) is 16.5. The number of nitrogens with one attached hydrogen (secondary N) is 1. The molecule has 3 aromatic rings. The summed E-state index contributed by atoms with van der Waals surface area (Å²) in [5.41, 5.74) is 1.98. The van der Waals surface area contributed by atoms with E-state index < -0.39 is 5.54 Å². The molecular weight excluding hydrogens is 442 g/mol. The Morgan fingerprint density at radius 2 is 1.82 bits per heavy atom. The topological polar surface area (TPSA) is 54.3 Å². The molecule has 0 bridgehead atoms. The maximum Gasteiger partial charge on any atom is 0.271 e. The van der Waals surface area contributed by atoms with E-state index in [1.807, 2.05) is 36.1 Å². The normalized spacial score (nSPS) is 22.8. The molecule has 1 aliphatic heterocycles. The van der Waals surface area contributed by atoms with Crippen LogP contribution in [-0.4, -0.2) is 39.4 Å². The van der Waals surface area contributed by atoms with Crippen LogP contribution in [0, 0.1) is 0 Å². The number of nitrogens with zero attached hydrogens (tertiary/aromatic N) is 2. The van der Waals surface area contributed by atoms with Crippen LogP contribution < -0.4 is 5.32 Å². The molecule has 0 spiro atoms. The van der Waals surface area contributed by atoms with Crippen molar-refractivity contribution in [3.63, 3.8) is 0 Å². The van der Waals surface area contributed by atoms with Crippen LogP contribution in [0.25, 0.3) is 10.2 Å². The van der Waals surface area contributed by atoms with Gasteiger partial charge < -0.3 is 14.8 Å². The van der Waals surface area contributed by atoms with Gasteiger partial charge in [0.2, 0.25) is 5.91 Å². The second kappa shape index (κ2) is 9.57. The largest absolute Gasteiger partial charge is 0.351 e. The third kappa shape index (κ3) is 4.28. The van der Waals surface area contributed by atoms with E-state index in [-0.39, 0.29) is 23.8 Å². The number of aromatic nitrogens is 1. The third-order valence-electron chi connectivity index (χ3n) is 7.80. The zero-order valence-corrected chi connectivity index (χ0v) is 21.1. The number of carbonyl (C=O) groups is 2. The summed E-state index contributed by atoms with van der Waals surface area (Å²) in [5.74, 6) is 0.0588. The van der Waals surface area contributed by atoms with E-state index in [2.05, 4.69) is 40.4 Å². The SMILES string of the molecule is CC(CN1C(=O)c2cc3sccc3n2CC1(C)C(=O)NC1CCCCCCC1)c1ccccc1. The molecular formula is C28H35N3O2S. The van der Waals surface area contributed by atoms with E-state index in [0.29, 0.717) is 18.8 Å². The van der Waals surface area contributed by atoms with Crippen molar-refractivity contribution >= 4 is 33.4 Å². The Kier molecular flexibility index (Phi) is 6.52. The molecule has 5 rings (SSSR count). The quantitative estimate of drug-likeness (QED) is 0.494. The molecule has 2 aromatic heterocycles. The molecule has 2 aliphatic rings. The van der Waals surface area contributed by atoms with Gasteiger partial charge in [-0.05, 0) is 48.8 Å². The van der Waals surface area contributed by atoms with E-state index in [4.69, 9.17) is 0 Å². The predicted molar refractivity (Wildman–Crippen MR) is 138 cm³/mol. The average molecular weight is 478 g/mol. The minimum absolute atomic E-state index is 0.0191. The molecule has 1 saturated carbocycles. The number of fused-ring (bicyclic) bond motifs is 3. The van der Waals surface area contributed by atoms with Crippen LogP contribution in [0.5, 0.6) is 0 Å². The van der Waals surface area contributed by atoms with Crippen LogP contribution in [0.4, 0.5) is 0 Å². The summed E-state index contributed by atoms with van der Waals surface area (Å²) in [6.45, 7) is 5.09. The van der Waals surface area contributed by atoms with Gasteiger partial charge in [0.05, 0.1) is 16.8 Å². The number of rotatable bonds is 5. The van der Waals surface area contributed by atoms with Gasteiger partial charge in [-0.1, -0.05) is 69.4 Å². The van der Waals surface area contributed by atoms with E-state index >= 15 is 0 Å². The molecule has 2 unspecified atom stereocenters. The molecule has 1 aliphatic carbocycles. The number of hydrogen-bond donors (Lipinski definition) is 1. The molecule has 5 nitrogen and oxygen atoms in total. The van der Waals surface area contributed by atoms with Gasteiger partial charge in [0.15, 0.2) is 0 Å². The Morgan fingerprint density at radius 3 is 2.56 bits per heavy atom. The Hall–Kier alpha value is -2.60. The smallest absolute Gasteiger partial charge is 0.271 e. The predicted octanol–water partition coefficient (Wildman–Crippen LogP) is 5.95. The molecule has 1 N–H and O–H groups in total. The molecule has 3 heterocycles. The maximum atomic E-state index is 14.0. The fourth-order valence-corrected chi connectivity index (χ4v) is 6.48. The number of amides is 2. The van der Waals surface area contributed by atoms with Gasteiger partial charge in [0.1, 0.15) is 11.2 Å².